The van der Waals surface area contributed by atoms with Crippen LogP contribution in [0.1, 0.15) is 29.5 Å². The molecule has 0 saturated heterocycles. The van der Waals surface area contributed by atoms with Crippen molar-refractivity contribution in [2.75, 3.05) is 11.9 Å². The molecular formula is C22H20N2O3. The number of carbonyl (C=O) groups excluding carboxylic acids is 1. The molecule has 0 unspecified atom stereocenters. The number of furan rings is 1. The predicted octanol–water partition coefficient (Wildman–Crippen LogP) is 5.33. The summed E-state index contributed by atoms with van der Waals surface area (Å²) in [6, 6.07) is 15.1. The lowest BCUT2D eigenvalue weighted by atomic mass is 10.1. The number of nitrogens with one attached hydrogen (secondary N) is 1. The predicted molar refractivity (Wildman–Crippen MR) is 106 cm³/mol. The number of rotatable bonds is 5. The van der Waals surface area contributed by atoms with Gasteiger partial charge in [0.2, 0.25) is 0 Å². The number of aromatic nitrogens is 1. The van der Waals surface area contributed by atoms with Gasteiger partial charge in [0, 0.05) is 22.5 Å². The molecule has 2 aromatic heterocycles. The van der Waals surface area contributed by atoms with Gasteiger partial charge >= 0.3 is 0 Å². The summed E-state index contributed by atoms with van der Waals surface area (Å²) >= 11 is 0. The number of para-hydroxylation sites is 1. The Morgan fingerprint density at radius 2 is 1.93 bits per heavy atom. The zero-order valence-electron chi connectivity index (χ0n) is 15.3. The van der Waals surface area contributed by atoms with Crippen LogP contribution < -0.4 is 10.1 Å². The second-order valence-corrected chi connectivity index (χ2v) is 6.37. The van der Waals surface area contributed by atoms with E-state index in [9.17, 15) is 4.79 Å². The molecule has 136 valence electrons. The van der Waals surface area contributed by atoms with E-state index < -0.39 is 0 Å². The van der Waals surface area contributed by atoms with Crippen LogP contribution in [0.3, 0.4) is 0 Å². The van der Waals surface area contributed by atoms with E-state index in [0.29, 0.717) is 29.4 Å². The van der Waals surface area contributed by atoms with Crippen LogP contribution in [0.15, 0.2) is 59.1 Å². The number of hydrogen-bond donors (Lipinski definition) is 1. The monoisotopic (exact) mass is 360 g/mol. The number of anilines is 1. The van der Waals surface area contributed by atoms with Crippen molar-refractivity contribution in [1.29, 1.82) is 0 Å². The van der Waals surface area contributed by atoms with Crippen LogP contribution in [0, 0.1) is 6.92 Å². The molecule has 0 radical (unpaired) electrons. The van der Waals surface area contributed by atoms with E-state index in [1.165, 1.54) is 0 Å². The summed E-state index contributed by atoms with van der Waals surface area (Å²) in [7, 11) is 0. The molecule has 5 nitrogen and oxygen atoms in total. The molecule has 27 heavy (non-hydrogen) atoms. The van der Waals surface area contributed by atoms with E-state index in [-0.39, 0.29) is 5.91 Å². The number of carbonyl (C=O) groups is 1. The Bertz CT molecular complexity index is 1130. The van der Waals surface area contributed by atoms with Crippen LogP contribution in [0.5, 0.6) is 5.75 Å². The summed E-state index contributed by atoms with van der Waals surface area (Å²) < 4.78 is 11.5. The molecule has 5 heteroatoms. The van der Waals surface area contributed by atoms with Gasteiger partial charge < -0.3 is 14.5 Å². The Hall–Kier alpha value is -3.34. The zero-order chi connectivity index (χ0) is 18.8. The van der Waals surface area contributed by atoms with Gasteiger partial charge in [-0.25, -0.2) is 0 Å². The summed E-state index contributed by atoms with van der Waals surface area (Å²) in [5, 5.41) is 4.73. The first-order valence-electron chi connectivity index (χ1n) is 8.99. The van der Waals surface area contributed by atoms with Gasteiger partial charge in [0.25, 0.3) is 5.91 Å². The van der Waals surface area contributed by atoms with Crippen LogP contribution in [-0.2, 0) is 0 Å². The Morgan fingerprint density at radius 1 is 1.11 bits per heavy atom. The Labute approximate surface area is 157 Å². The van der Waals surface area contributed by atoms with E-state index in [1.807, 2.05) is 55.5 Å². The number of ether oxygens (including phenoxy) is 1. The van der Waals surface area contributed by atoms with E-state index in [4.69, 9.17) is 9.15 Å². The van der Waals surface area contributed by atoms with Crippen molar-refractivity contribution in [1.82, 2.24) is 4.98 Å². The first-order chi connectivity index (χ1) is 13.2. The number of pyridine rings is 1. The van der Waals surface area contributed by atoms with Crippen molar-refractivity contribution in [3.63, 3.8) is 0 Å². The van der Waals surface area contributed by atoms with Gasteiger partial charge in [-0.15, -0.1) is 0 Å². The summed E-state index contributed by atoms with van der Waals surface area (Å²) in [6.45, 7) is 4.57. The molecule has 2 heterocycles. The number of aryl methyl sites for hydroxylation is 1. The molecule has 2 aromatic carbocycles. The third kappa shape index (κ3) is 3.12. The average molecular weight is 360 g/mol. The fourth-order valence-electron chi connectivity index (χ4n) is 3.15. The molecule has 0 saturated carbocycles. The SMILES string of the molecule is CCCOc1ccc(NC(=O)c2oc3ccccc3c2C)c2cccnc12. The second kappa shape index (κ2) is 7.11. The van der Waals surface area contributed by atoms with E-state index in [2.05, 4.69) is 17.2 Å². The summed E-state index contributed by atoms with van der Waals surface area (Å²) in [5.41, 5.74) is 2.93. The lowest BCUT2D eigenvalue weighted by Gasteiger charge is -2.12. The fraction of sp³-hybridized carbons (Fsp3) is 0.182. The molecule has 1 N–H and O–H groups in total. The minimum Gasteiger partial charge on any atom is -0.491 e. The number of nitrogens with zero attached hydrogens (tertiary/aromatic N) is 1. The average Bonchev–Trinajstić information content (AvgIpc) is 3.04. The van der Waals surface area contributed by atoms with Gasteiger partial charge in [-0.05, 0) is 43.7 Å². The van der Waals surface area contributed by atoms with Crippen molar-refractivity contribution in [3.8, 4) is 5.75 Å². The first kappa shape index (κ1) is 17.1. The maximum atomic E-state index is 12.8. The summed E-state index contributed by atoms with van der Waals surface area (Å²) in [5.74, 6) is 0.751. The van der Waals surface area contributed by atoms with Crippen LogP contribution in [0.2, 0.25) is 0 Å². The number of fused-ring (bicyclic) bond motifs is 2. The molecular weight excluding hydrogens is 340 g/mol. The lowest BCUT2D eigenvalue weighted by Crippen LogP contribution is -2.12. The van der Waals surface area contributed by atoms with Crippen LogP contribution >= 0.6 is 0 Å². The molecule has 0 aliphatic carbocycles. The van der Waals surface area contributed by atoms with E-state index >= 15 is 0 Å². The molecule has 4 aromatic rings. The van der Waals surface area contributed by atoms with Crippen LogP contribution in [-0.4, -0.2) is 17.5 Å². The Morgan fingerprint density at radius 3 is 2.74 bits per heavy atom. The topological polar surface area (TPSA) is 64.4 Å². The van der Waals surface area contributed by atoms with Gasteiger partial charge in [0.1, 0.15) is 16.8 Å². The highest BCUT2D eigenvalue weighted by atomic mass is 16.5. The maximum Gasteiger partial charge on any atom is 0.291 e. The first-order valence-corrected chi connectivity index (χ1v) is 8.99. The number of hydrogen-bond acceptors (Lipinski definition) is 4. The highest BCUT2D eigenvalue weighted by Crippen LogP contribution is 2.31. The standard InChI is InChI=1S/C22H20N2O3/c1-3-13-26-19-11-10-17(16-8-6-12-23-20(16)19)24-22(25)21-14(2)15-7-4-5-9-18(15)27-21/h4-12H,3,13H2,1-2H3,(H,24,25). The van der Waals surface area contributed by atoms with Crippen LogP contribution in [0.4, 0.5) is 5.69 Å². The molecule has 0 bridgehead atoms. The summed E-state index contributed by atoms with van der Waals surface area (Å²) in [4.78, 5) is 17.3. The molecule has 0 aliphatic heterocycles. The molecule has 0 aliphatic rings. The highest BCUT2D eigenvalue weighted by molar-refractivity contribution is 6.10. The number of benzene rings is 2. The largest absolute Gasteiger partial charge is 0.491 e. The van der Waals surface area contributed by atoms with E-state index in [0.717, 1.165) is 28.3 Å². The minimum atomic E-state index is -0.281. The van der Waals surface area contributed by atoms with Crippen LogP contribution in [0.25, 0.3) is 21.9 Å². The fourth-order valence-corrected chi connectivity index (χ4v) is 3.15. The van der Waals surface area contributed by atoms with Crippen molar-refractivity contribution in [3.05, 3.63) is 66.1 Å². The van der Waals surface area contributed by atoms with Gasteiger partial charge in [-0.3, -0.25) is 9.78 Å². The normalized spacial score (nSPS) is 11.0. The van der Waals surface area contributed by atoms with Gasteiger partial charge in [0.15, 0.2) is 5.76 Å². The molecule has 4 rings (SSSR count). The van der Waals surface area contributed by atoms with Gasteiger partial charge in [0.05, 0.1) is 12.3 Å². The van der Waals surface area contributed by atoms with Crippen molar-refractivity contribution in [2.45, 2.75) is 20.3 Å². The third-order valence-corrected chi connectivity index (χ3v) is 4.49. The zero-order valence-corrected chi connectivity index (χ0v) is 15.3. The lowest BCUT2D eigenvalue weighted by molar-refractivity contribution is 0.0998. The molecule has 0 atom stereocenters. The highest BCUT2D eigenvalue weighted by Gasteiger charge is 2.19. The molecule has 0 spiro atoms. The Kier molecular flexibility index (Phi) is 4.50. The molecule has 0 fully saturated rings. The smallest absolute Gasteiger partial charge is 0.291 e. The van der Waals surface area contributed by atoms with Gasteiger partial charge in [-0.2, -0.15) is 0 Å². The van der Waals surface area contributed by atoms with E-state index in [1.54, 1.807) is 6.20 Å². The van der Waals surface area contributed by atoms with Crippen molar-refractivity contribution in [2.24, 2.45) is 0 Å². The van der Waals surface area contributed by atoms with Crippen molar-refractivity contribution >= 4 is 33.5 Å². The third-order valence-electron chi connectivity index (χ3n) is 4.49. The van der Waals surface area contributed by atoms with Gasteiger partial charge in [-0.1, -0.05) is 25.1 Å². The summed E-state index contributed by atoms with van der Waals surface area (Å²) in [6.07, 6.45) is 2.63. The number of amides is 1. The van der Waals surface area contributed by atoms with Crippen molar-refractivity contribution < 1.29 is 13.9 Å². The minimum absolute atomic E-state index is 0.281. The second-order valence-electron chi connectivity index (χ2n) is 6.37. The maximum absolute atomic E-state index is 12.8. The quantitative estimate of drug-likeness (QED) is 0.522. The molecule has 1 amide bonds. The Balaban J connectivity index is 1.70.